The Bertz CT molecular complexity index is 276. The molecule has 0 radical (unpaired) electrons. The molecule has 2 rings (SSSR count). The predicted molar refractivity (Wildman–Crippen MR) is 51.3 cm³/mol. The highest BCUT2D eigenvalue weighted by Gasteiger charge is 2.37. The van der Waals surface area contributed by atoms with Crippen molar-refractivity contribution in [3.8, 4) is 0 Å². The summed E-state index contributed by atoms with van der Waals surface area (Å²) in [5.41, 5.74) is 7.51. The van der Waals surface area contributed by atoms with E-state index in [2.05, 4.69) is 11.3 Å². The fraction of sp³-hybridized carbons (Fsp3) is 0.667. The number of hydrogen-bond donors (Lipinski definition) is 1. The van der Waals surface area contributed by atoms with Gasteiger partial charge in [0.05, 0.1) is 0 Å². The van der Waals surface area contributed by atoms with Crippen LogP contribution in [0.5, 0.6) is 0 Å². The zero-order valence-corrected chi connectivity index (χ0v) is 8.16. The lowest BCUT2D eigenvalue weighted by molar-refractivity contribution is 0.612. The van der Waals surface area contributed by atoms with Crippen LogP contribution in [-0.2, 0) is 6.42 Å². The quantitative estimate of drug-likeness (QED) is 0.775. The van der Waals surface area contributed by atoms with Crippen LogP contribution in [0.2, 0.25) is 0 Å². The second-order valence-corrected chi connectivity index (χ2v) is 4.68. The van der Waals surface area contributed by atoms with Gasteiger partial charge in [-0.25, -0.2) is 4.37 Å². The van der Waals surface area contributed by atoms with E-state index in [1.807, 2.05) is 6.20 Å². The van der Waals surface area contributed by atoms with Crippen molar-refractivity contribution in [3.05, 3.63) is 16.6 Å². The van der Waals surface area contributed by atoms with Gasteiger partial charge in [0.25, 0.3) is 0 Å². The number of nitrogens with two attached hydrogens (primary N) is 1. The maximum absolute atomic E-state index is 6.00. The van der Waals surface area contributed by atoms with Gasteiger partial charge in [-0.05, 0) is 49.7 Å². The van der Waals surface area contributed by atoms with E-state index >= 15 is 0 Å². The van der Waals surface area contributed by atoms with Crippen LogP contribution in [0.4, 0.5) is 0 Å². The van der Waals surface area contributed by atoms with Crippen LogP contribution in [0.25, 0.3) is 0 Å². The molecule has 0 bridgehead atoms. The molecule has 2 N–H and O–H groups in total. The number of aryl methyl sites for hydroxylation is 2. The van der Waals surface area contributed by atoms with E-state index in [0.29, 0.717) is 0 Å². The normalized spacial score (nSPS) is 19.5. The average Bonchev–Trinajstić information content (AvgIpc) is 2.61. The molecule has 1 aliphatic carbocycles. The van der Waals surface area contributed by atoms with Crippen molar-refractivity contribution in [2.24, 2.45) is 5.73 Å². The summed E-state index contributed by atoms with van der Waals surface area (Å²) in [6, 6.07) is 0. The lowest BCUT2D eigenvalue weighted by Gasteiger charge is -2.06. The minimum Gasteiger partial charge on any atom is -0.325 e. The number of hydrogen-bond acceptors (Lipinski definition) is 3. The summed E-state index contributed by atoms with van der Waals surface area (Å²) in [4.78, 5) is 1.41. The Morgan fingerprint density at radius 1 is 1.67 bits per heavy atom. The molecule has 2 nitrogen and oxygen atoms in total. The fourth-order valence-corrected chi connectivity index (χ4v) is 2.06. The van der Waals surface area contributed by atoms with Crippen molar-refractivity contribution in [2.75, 3.05) is 0 Å². The van der Waals surface area contributed by atoms with E-state index in [1.165, 1.54) is 23.3 Å². The molecule has 1 heterocycles. The molecule has 1 saturated carbocycles. The summed E-state index contributed by atoms with van der Waals surface area (Å²) in [6.07, 6.45) is 6.62. The van der Waals surface area contributed by atoms with Gasteiger partial charge in [0, 0.05) is 16.6 Å². The predicted octanol–water partition coefficient (Wildman–Crippen LogP) is 1.88. The first kappa shape index (κ1) is 8.20. The Kier molecular flexibility index (Phi) is 1.93. The minimum absolute atomic E-state index is 0.191. The number of rotatable bonds is 3. The molecular formula is C9H14N2S. The van der Waals surface area contributed by atoms with E-state index in [-0.39, 0.29) is 5.54 Å². The molecule has 1 fully saturated rings. The van der Waals surface area contributed by atoms with Crippen molar-refractivity contribution in [3.63, 3.8) is 0 Å². The van der Waals surface area contributed by atoms with Crippen LogP contribution in [-0.4, -0.2) is 9.91 Å². The molecule has 0 saturated heterocycles. The standard InChI is InChI=1S/C9H14N2S/c1-7-6-11-12-8(7)2-3-9(10)4-5-9/h6H,2-5,10H2,1H3. The molecular weight excluding hydrogens is 168 g/mol. The van der Waals surface area contributed by atoms with Crippen molar-refractivity contribution in [1.29, 1.82) is 0 Å². The molecule has 12 heavy (non-hydrogen) atoms. The highest BCUT2D eigenvalue weighted by atomic mass is 32.1. The summed E-state index contributed by atoms with van der Waals surface area (Å²) < 4.78 is 4.14. The van der Waals surface area contributed by atoms with Crippen molar-refractivity contribution in [1.82, 2.24) is 4.37 Å². The maximum atomic E-state index is 6.00. The third kappa shape index (κ3) is 1.67. The molecule has 66 valence electrons. The van der Waals surface area contributed by atoms with Crippen LogP contribution in [0.3, 0.4) is 0 Å². The molecule has 0 spiro atoms. The average molecular weight is 182 g/mol. The molecule has 0 aliphatic heterocycles. The van der Waals surface area contributed by atoms with Gasteiger partial charge in [-0.1, -0.05) is 0 Å². The summed E-state index contributed by atoms with van der Waals surface area (Å²) in [5, 5.41) is 0. The Balaban J connectivity index is 1.91. The summed E-state index contributed by atoms with van der Waals surface area (Å²) in [5.74, 6) is 0. The SMILES string of the molecule is Cc1cnsc1CCC1(N)CC1. The molecule has 1 aromatic heterocycles. The zero-order chi connectivity index (χ0) is 8.60. The van der Waals surface area contributed by atoms with Gasteiger partial charge in [-0.2, -0.15) is 0 Å². The molecule has 0 aromatic carbocycles. The van der Waals surface area contributed by atoms with E-state index in [9.17, 15) is 0 Å². The number of aromatic nitrogens is 1. The molecule has 0 amide bonds. The molecule has 1 aliphatic rings. The van der Waals surface area contributed by atoms with Crippen LogP contribution >= 0.6 is 11.5 Å². The van der Waals surface area contributed by atoms with E-state index < -0.39 is 0 Å². The van der Waals surface area contributed by atoms with Crippen LogP contribution in [0.15, 0.2) is 6.20 Å². The topological polar surface area (TPSA) is 38.9 Å². The van der Waals surface area contributed by atoms with E-state index in [4.69, 9.17) is 5.73 Å². The molecule has 1 aromatic rings. The minimum atomic E-state index is 0.191. The Hall–Kier alpha value is -0.410. The van der Waals surface area contributed by atoms with Crippen LogP contribution in [0, 0.1) is 6.92 Å². The second-order valence-electron chi connectivity index (χ2n) is 3.79. The summed E-state index contributed by atoms with van der Waals surface area (Å²) in [7, 11) is 0. The van der Waals surface area contributed by atoms with Gasteiger partial charge in [0.1, 0.15) is 0 Å². The smallest absolute Gasteiger partial charge is 0.0438 e. The Labute approximate surface area is 77.0 Å². The lowest BCUT2D eigenvalue weighted by atomic mass is 10.1. The van der Waals surface area contributed by atoms with Crippen molar-refractivity contribution in [2.45, 2.75) is 38.1 Å². The monoisotopic (exact) mass is 182 g/mol. The molecule has 3 heteroatoms. The second kappa shape index (κ2) is 2.82. The van der Waals surface area contributed by atoms with E-state index in [0.717, 1.165) is 12.8 Å². The van der Waals surface area contributed by atoms with Gasteiger partial charge in [0.2, 0.25) is 0 Å². The molecule has 0 atom stereocenters. The maximum Gasteiger partial charge on any atom is 0.0438 e. The van der Waals surface area contributed by atoms with Gasteiger partial charge >= 0.3 is 0 Å². The van der Waals surface area contributed by atoms with Crippen LogP contribution in [0.1, 0.15) is 29.7 Å². The van der Waals surface area contributed by atoms with E-state index in [1.54, 1.807) is 11.5 Å². The Morgan fingerprint density at radius 2 is 2.42 bits per heavy atom. The van der Waals surface area contributed by atoms with Gasteiger partial charge < -0.3 is 5.73 Å². The lowest BCUT2D eigenvalue weighted by Crippen LogP contribution is -2.21. The first-order chi connectivity index (χ1) is 5.70. The first-order valence-corrected chi connectivity index (χ1v) is 5.16. The van der Waals surface area contributed by atoms with Gasteiger partial charge in [0.15, 0.2) is 0 Å². The third-order valence-corrected chi connectivity index (χ3v) is 3.55. The number of nitrogens with zero attached hydrogens (tertiary/aromatic N) is 1. The third-order valence-electron chi connectivity index (χ3n) is 2.59. The summed E-state index contributed by atoms with van der Waals surface area (Å²) in [6.45, 7) is 2.12. The highest BCUT2D eigenvalue weighted by Crippen LogP contribution is 2.37. The van der Waals surface area contributed by atoms with Gasteiger partial charge in [-0.15, -0.1) is 0 Å². The Morgan fingerprint density at radius 3 is 2.92 bits per heavy atom. The zero-order valence-electron chi connectivity index (χ0n) is 7.34. The van der Waals surface area contributed by atoms with Crippen LogP contribution < -0.4 is 5.73 Å². The highest BCUT2D eigenvalue weighted by molar-refractivity contribution is 7.05. The van der Waals surface area contributed by atoms with Crippen molar-refractivity contribution < 1.29 is 0 Å². The van der Waals surface area contributed by atoms with Gasteiger partial charge in [-0.3, -0.25) is 0 Å². The fourth-order valence-electron chi connectivity index (χ4n) is 1.33. The summed E-state index contributed by atoms with van der Waals surface area (Å²) >= 11 is 1.61. The first-order valence-electron chi connectivity index (χ1n) is 4.39. The largest absolute Gasteiger partial charge is 0.325 e. The molecule has 0 unspecified atom stereocenters. The van der Waals surface area contributed by atoms with Crippen molar-refractivity contribution >= 4 is 11.5 Å².